The van der Waals surface area contributed by atoms with Crippen LogP contribution in [-0.2, 0) is 0 Å². The molecule has 2 rings (SSSR count). The summed E-state index contributed by atoms with van der Waals surface area (Å²) in [5.41, 5.74) is 12.3. The van der Waals surface area contributed by atoms with Crippen LogP contribution in [0.4, 0.5) is 0 Å². The molecular formula is C10H11N5OS. The van der Waals surface area contributed by atoms with E-state index in [0.29, 0.717) is 5.56 Å². The van der Waals surface area contributed by atoms with Gasteiger partial charge in [0, 0.05) is 5.56 Å². The topological polar surface area (TPSA) is 110 Å². The summed E-state index contributed by atoms with van der Waals surface area (Å²) in [5, 5.41) is 0.798. The Morgan fingerprint density at radius 3 is 2.88 bits per heavy atom. The molecule has 0 saturated carbocycles. The Labute approximate surface area is 101 Å². The molecule has 0 aliphatic rings. The van der Waals surface area contributed by atoms with E-state index in [1.165, 1.54) is 11.8 Å². The summed E-state index contributed by atoms with van der Waals surface area (Å²) >= 11 is 1.50. The van der Waals surface area contributed by atoms with Gasteiger partial charge in [-0.15, -0.1) is 0 Å². The van der Waals surface area contributed by atoms with Gasteiger partial charge in [0.2, 0.25) is 0 Å². The van der Waals surface area contributed by atoms with E-state index < -0.39 is 5.91 Å². The number of nitrogens with zero attached hydrogens (tertiary/aromatic N) is 2. The van der Waals surface area contributed by atoms with E-state index in [9.17, 15) is 4.79 Å². The molecule has 2 aromatic rings. The number of H-pyrrole nitrogens is 1. The third-order valence-electron chi connectivity index (χ3n) is 2.13. The highest BCUT2D eigenvalue weighted by molar-refractivity contribution is 7.98. The lowest BCUT2D eigenvalue weighted by Gasteiger charge is -1.95. The summed E-state index contributed by atoms with van der Waals surface area (Å²) in [6.07, 6.45) is 1.92. The summed E-state index contributed by atoms with van der Waals surface area (Å²) in [4.78, 5) is 22.4. The lowest BCUT2D eigenvalue weighted by atomic mass is 10.2. The fraction of sp³-hybridized carbons (Fsp3) is 0.100. The zero-order valence-corrected chi connectivity index (χ0v) is 9.91. The van der Waals surface area contributed by atoms with E-state index in [1.54, 1.807) is 18.2 Å². The van der Waals surface area contributed by atoms with Gasteiger partial charge in [-0.3, -0.25) is 4.79 Å². The van der Waals surface area contributed by atoms with Crippen molar-refractivity contribution in [3.8, 4) is 0 Å². The van der Waals surface area contributed by atoms with E-state index in [0.717, 1.165) is 16.2 Å². The molecule has 0 aliphatic heterocycles. The van der Waals surface area contributed by atoms with Crippen LogP contribution in [0.5, 0.6) is 0 Å². The maximum atomic E-state index is 11.6. The number of nitrogens with two attached hydrogens (primary N) is 2. The molecule has 1 heterocycles. The maximum Gasteiger partial charge on any atom is 0.280 e. The van der Waals surface area contributed by atoms with Crippen molar-refractivity contribution in [3.63, 3.8) is 0 Å². The van der Waals surface area contributed by atoms with Crippen LogP contribution in [0.15, 0.2) is 28.3 Å². The van der Waals surface area contributed by atoms with E-state index in [2.05, 4.69) is 15.0 Å². The average Bonchev–Trinajstić information content (AvgIpc) is 2.69. The number of imidazole rings is 1. The van der Waals surface area contributed by atoms with Crippen molar-refractivity contribution in [1.82, 2.24) is 9.97 Å². The number of aliphatic imine (C=N–C) groups is 1. The lowest BCUT2D eigenvalue weighted by molar-refractivity contribution is 0.100. The standard InChI is InChI=1S/C10H11N5OS/c1-17-10-13-6-3-2-5(4-7(6)14-10)8(16)15-9(11)12/h2-4H,1H3,(H,13,14)(H4,11,12,15,16). The van der Waals surface area contributed by atoms with Gasteiger partial charge in [-0.2, -0.15) is 4.99 Å². The first kappa shape index (κ1) is 11.5. The van der Waals surface area contributed by atoms with Gasteiger partial charge < -0.3 is 16.5 Å². The van der Waals surface area contributed by atoms with Crippen molar-refractivity contribution in [2.45, 2.75) is 5.16 Å². The Kier molecular flexibility index (Phi) is 3.01. The van der Waals surface area contributed by atoms with Crippen molar-refractivity contribution in [2.75, 3.05) is 6.26 Å². The molecule has 88 valence electrons. The third kappa shape index (κ3) is 2.39. The van der Waals surface area contributed by atoms with E-state index in [-0.39, 0.29) is 5.96 Å². The average molecular weight is 249 g/mol. The van der Waals surface area contributed by atoms with Crippen LogP contribution < -0.4 is 11.5 Å². The van der Waals surface area contributed by atoms with Crippen LogP contribution in [0.2, 0.25) is 0 Å². The number of hydrogen-bond acceptors (Lipinski definition) is 3. The van der Waals surface area contributed by atoms with Gasteiger partial charge in [0.05, 0.1) is 11.0 Å². The molecule has 6 nitrogen and oxygen atoms in total. The minimum atomic E-state index is -0.466. The van der Waals surface area contributed by atoms with E-state index >= 15 is 0 Å². The predicted octanol–water partition coefficient (Wildman–Crippen LogP) is 0.698. The quantitative estimate of drug-likeness (QED) is 0.412. The van der Waals surface area contributed by atoms with Crippen molar-refractivity contribution in [1.29, 1.82) is 0 Å². The summed E-state index contributed by atoms with van der Waals surface area (Å²) < 4.78 is 0. The molecule has 0 atom stereocenters. The minimum Gasteiger partial charge on any atom is -0.370 e. The van der Waals surface area contributed by atoms with Crippen molar-refractivity contribution < 1.29 is 4.79 Å². The van der Waals surface area contributed by atoms with Gasteiger partial charge in [-0.1, -0.05) is 11.8 Å². The first-order valence-electron chi connectivity index (χ1n) is 4.78. The molecule has 0 saturated heterocycles. The minimum absolute atomic E-state index is 0.246. The Bertz CT molecular complexity index is 600. The number of benzene rings is 1. The van der Waals surface area contributed by atoms with Crippen LogP contribution in [0.3, 0.4) is 0 Å². The van der Waals surface area contributed by atoms with Crippen molar-refractivity contribution >= 4 is 34.7 Å². The van der Waals surface area contributed by atoms with Crippen LogP contribution in [-0.4, -0.2) is 28.1 Å². The maximum absolute atomic E-state index is 11.6. The molecule has 1 aromatic carbocycles. The summed E-state index contributed by atoms with van der Waals surface area (Å²) in [5.74, 6) is -0.711. The largest absolute Gasteiger partial charge is 0.370 e. The zero-order valence-electron chi connectivity index (χ0n) is 9.10. The second kappa shape index (κ2) is 4.46. The number of fused-ring (bicyclic) bond motifs is 1. The molecule has 17 heavy (non-hydrogen) atoms. The van der Waals surface area contributed by atoms with Gasteiger partial charge in [0.1, 0.15) is 0 Å². The fourth-order valence-corrected chi connectivity index (χ4v) is 1.80. The number of carbonyl (C=O) groups is 1. The number of thioether (sulfide) groups is 1. The number of aromatic amines is 1. The summed E-state index contributed by atoms with van der Waals surface area (Å²) in [7, 11) is 0. The molecule has 1 amide bonds. The highest BCUT2D eigenvalue weighted by atomic mass is 32.2. The van der Waals surface area contributed by atoms with Crippen molar-refractivity contribution in [3.05, 3.63) is 23.8 Å². The number of hydrogen-bond donors (Lipinski definition) is 3. The zero-order chi connectivity index (χ0) is 12.4. The molecule has 0 bridgehead atoms. The number of aromatic nitrogens is 2. The van der Waals surface area contributed by atoms with Gasteiger partial charge in [-0.25, -0.2) is 4.98 Å². The third-order valence-corrected chi connectivity index (χ3v) is 2.71. The first-order valence-corrected chi connectivity index (χ1v) is 6.00. The molecular weight excluding hydrogens is 238 g/mol. The van der Waals surface area contributed by atoms with E-state index in [1.807, 2.05) is 6.26 Å². The second-order valence-electron chi connectivity index (χ2n) is 3.32. The smallest absolute Gasteiger partial charge is 0.280 e. The van der Waals surface area contributed by atoms with Crippen LogP contribution in [0.25, 0.3) is 11.0 Å². The van der Waals surface area contributed by atoms with Gasteiger partial charge in [-0.05, 0) is 24.5 Å². The Hall–Kier alpha value is -2.02. The Morgan fingerprint density at radius 1 is 1.47 bits per heavy atom. The Morgan fingerprint density at radius 2 is 2.24 bits per heavy atom. The monoisotopic (exact) mass is 249 g/mol. The van der Waals surface area contributed by atoms with Crippen LogP contribution >= 0.6 is 11.8 Å². The van der Waals surface area contributed by atoms with Gasteiger partial charge in [0.25, 0.3) is 5.91 Å². The second-order valence-corrected chi connectivity index (χ2v) is 4.11. The van der Waals surface area contributed by atoms with Gasteiger partial charge in [0.15, 0.2) is 11.1 Å². The lowest BCUT2D eigenvalue weighted by Crippen LogP contribution is -2.24. The van der Waals surface area contributed by atoms with Gasteiger partial charge >= 0.3 is 0 Å². The molecule has 0 aliphatic carbocycles. The number of rotatable bonds is 2. The molecule has 5 N–H and O–H groups in total. The number of guanidine groups is 1. The number of nitrogens with one attached hydrogen (secondary N) is 1. The molecule has 0 spiro atoms. The number of amides is 1. The SMILES string of the molecule is CSc1nc2ccc(C(=O)N=C(N)N)cc2[nH]1. The highest BCUT2D eigenvalue weighted by Gasteiger charge is 2.08. The number of carbonyl (C=O) groups excluding carboxylic acids is 1. The Balaban J connectivity index is 2.43. The molecule has 1 aromatic heterocycles. The normalized spacial score (nSPS) is 10.4. The molecule has 0 radical (unpaired) electrons. The van der Waals surface area contributed by atoms with Crippen LogP contribution in [0.1, 0.15) is 10.4 Å². The molecule has 0 fully saturated rings. The summed E-state index contributed by atoms with van der Waals surface area (Å²) in [6, 6.07) is 5.07. The van der Waals surface area contributed by atoms with Crippen LogP contribution in [0, 0.1) is 0 Å². The molecule has 7 heteroatoms. The molecule has 0 unspecified atom stereocenters. The predicted molar refractivity (Wildman–Crippen MR) is 68.0 cm³/mol. The summed E-state index contributed by atoms with van der Waals surface area (Å²) in [6.45, 7) is 0. The van der Waals surface area contributed by atoms with Crippen molar-refractivity contribution in [2.24, 2.45) is 16.5 Å². The highest BCUT2D eigenvalue weighted by Crippen LogP contribution is 2.18. The first-order chi connectivity index (χ1) is 8.10. The van der Waals surface area contributed by atoms with E-state index in [4.69, 9.17) is 11.5 Å². The fourth-order valence-electron chi connectivity index (χ4n) is 1.40.